The van der Waals surface area contributed by atoms with Crippen LogP contribution in [-0.2, 0) is 14.3 Å². The highest BCUT2D eigenvalue weighted by molar-refractivity contribution is 8.00. The van der Waals surface area contributed by atoms with Crippen LogP contribution in [0.4, 0.5) is 10.1 Å². The van der Waals surface area contributed by atoms with Gasteiger partial charge in [-0.15, -0.1) is 11.8 Å². The maximum atomic E-state index is 13.2. The Kier molecular flexibility index (Phi) is 6.74. The van der Waals surface area contributed by atoms with Crippen LogP contribution < -0.4 is 11.1 Å². The first-order valence-corrected chi connectivity index (χ1v) is 8.63. The molecule has 2 rings (SSSR count). The maximum Gasteiger partial charge on any atom is 0.340 e. The number of esters is 1. The topological polar surface area (TPSA) is 98.5 Å². The van der Waals surface area contributed by atoms with E-state index in [-0.39, 0.29) is 17.0 Å². The Morgan fingerprint density at radius 2 is 1.92 bits per heavy atom. The molecule has 0 fully saturated rings. The van der Waals surface area contributed by atoms with Crippen molar-refractivity contribution in [2.45, 2.75) is 17.9 Å². The summed E-state index contributed by atoms with van der Waals surface area (Å²) in [5.74, 6) is -2.29. The van der Waals surface area contributed by atoms with Gasteiger partial charge >= 0.3 is 5.97 Å². The molecule has 1 atom stereocenters. The van der Waals surface area contributed by atoms with Crippen LogP contribution in [0.1, 0.15) is 17.3 Å². The van der Waals surface area contributed by atoms with Gasteiger partial charge in [-0.3, -0.25) is 9.59 Å². The first-order chi connectivity index (χ1) is 12.4. The summed E-state index contributed by atoms with van der Waals surface area (Å²) in [5.41, 5.74) is 5.60. The fourth-order valence-electron chi connectivity index (χ4n) is 2.00. The number of nitrogens with one attached hydrogen (secondary N) is 1. The van der Waals surface area contributed by atoms with Crippen LogP contribution in [0.15, 0.2) is 53.4 Å². The van der Waals surface area contributed by atoms with Crippen molar-refractivity contribution in [1.29, 1.82) is 0 Å². The zero-order chi connectivity index (χ0) is 19.1. The van der Waals surface area contributed by atoms with Gasteiger partial charge in [-0.1, -0.05) is 18.2 Å². The predicted molar refractivity (Wildman–Crippen MR) is 96.3 cm³/mol. The van der Waals surface area contributed by atoms with Gasteiger partial charge in [-0.05, 0) is 37.3 Å². The van der Waals surface area contributed by atoms with Crippen LogP contribution in [0.3, 0.4) is 0 Å². The van der Waals surface area contributed by atoms with Gasteiger partial charge in [0.1, 0.15) is 5.82 Å². The smallest absolute Gasteiger partial charge is 0.340 e. The van der Waals surface area contributed by atoms with Crippen LogP contribution in [-0.4, -0.2) is 29.6 Å². The molecule has 6 nitrogen and oxygen atoms in total. The summed E-state index contributed by atoms with van der Waals surface area (Å²) < 4.78 is 18.3. The molecule has 136 valence electrons. The molecule has 2 amide bonds. The molecular weight excluding hydrogens is 359 g/mol. The molecule has 8 heteroatoms. The van der Waals surface area contributed by atoms with E-state index in [1.807, 2.05) is 0 Å². The molecule has 0 saturated carbocycles. The zero-order valence-corrected chi connectivity index (χ0v) is 14.7. The Labute approximate surface area is 153 Å². The summed E-state index contributed by atoms with van der Waals surface area (Å²) in [4.78, 5) is 35.9. The SMILES string of the molecule is CC(OC(=O)c1ccccc1SCC(N)=O)C(=O)Nc1cccc(F)c1. The van der Waals surface area contributed by atoms with E-state index in [4.69, 9.17) is 10.5 Å². The van der Waals surface area contributed by atoms with Gasteiger partial charge in [0.2, 0.25) is 5.91 Å². The lowest BCUT2D eigenvalue weighted by atomic mass is 10.2. The van der Waals surface area contributed by atoms with Crippen LogP contribution in [0.5, 0.6) is 0 Å². The lowest BCUT2D eigenvalue weighted by Crippen LogP contribution is -2.30. The monoisotopic (exact) mass is 376 g/mol. The van der Waals surface area contributed by atoms with Gasteiger partial charge in [0.25, 0.3) is 5.91 Å². The molecule has 0 radical (unpaired) electrons. The molecule has 0 heterocycles. The highest BCUT2D eigenvalue weighted by atomic mass is 32.2. The molecular formula is C18H17FN2O4S. The number of carbonyl (C=O) groups excluding carboxylic acids is 3. The number of rotatable bonds is 7. The van der Waals surface area contributed by atoms with Crippen LogP contribution in [0.25, 0.3) is 0 Å². The number of nitrogens with two attached hydrogens (primary N) is 1. The Hall–Kier alpha value is -2.87. The van der Waals surface area contributed by atoms with E-state index in [9.17, 15) is 18.8 Å². The molecule has 0 aliphatic rings. The van der Waals surface area contributed by atoms with E-state index < -0.39 is 29.7 Å². The number of primary amides is 1. The number of hydrogen-bond donors (Lipinski definition) is 2. The first-order valence-electron chi connectivity index (χ1n) is 7.64. The Morgan fingerprint density at radius 3 is 2.62 bits per heavy atom. The summed E-state index contributed by atoms with van der Waals surface area (Å²) in [6, 6.07) is 11.9. The summed E-state index contributed by atoms with van der Waals surface area (Å²) in [6.07, 6.45) is -1.10. The van der Waals surface area contributed by atoms with Crippen molar-refractivity contribution in [2.75, 3.05) is 11.1 Å². The van der Waals surface area contributed by atoms with E-state index in [0.717, 1.165) is 17.8 Å². The van der Waals surface area contributed by atoms with Gasteiger partial charge in [0.05, 0.1) is 11.3 Å². The average Bonchev–Trinajstić information content (AvgIpc) is 2.60. The van der Waals surface area contributed by atoms with Crippen molar-refractivity contribution in [3.05, 3.63) is 59.9 Å². The number of benzene rings is 2. The summed E-state index contributed by atoms with van der Waals surface area (Å²) in [6.45, 7) is 1.41. The van der Waals surface area contributed by atoms with E-state index in [1.54, 1.807) is 18.2 Å². The lowest BCUT2D eigenvalue weighted by Gasteiger charge is -2.15. The van der Waals surface area contributed by atoms with E-state index in [1.165, 1.54) is 31.2 Å². The molecule has 0 aliphatic heterocycles. The molecule has 0 aromatic heterocycles. The number of thioether (sulfide) groups is 1. The molecule has 2 aromatic carbocycles. The minimum absolute atomic E-state index is 0.0138. The van der Waals surface area contributed by atoms with Gasteiger partial charge in [-0.25, -0.2) is 9.18 Å². The fourth-order valence-corrected chi connectivity index (χ4v) is 2.78. The van der Waals surface area contributed by atoms with Gasteiger partial charge in [0, 0.05) is 10.6 Å². The van der Waals surface area contributed by atoms with Gasteiger partial charge in [-0.2, -0.15) is 0 Å². The largest absolute Gasteiger partial charge is 0.449 e. The van der Waals surface area contributed by atoms with E-state index in [2.05, 4.69) is 5.32 Å². The third kappa shape index (κ3) is 5.59. The zero-order valence-electron chi connectivity index (χ0n) is 13.9. The van der Waals surface area contributed by atoms with Crippen molar-refractivity contribution in [3.63, 3.8) is 0 Å². The van der Waals surface area contributed by atoms with E-state index >= 15 is 0 Å². The normalized spacial score (nSPS) is 11.5. The second kappa shape index (κ2) is 9.00. The molecule has 3 N–H and O–H groups in total. The standard InChI is InChI=1S/C18H17FN2O4S/c1-11(17(23)21-13-6-4-5-12(19)9-13)25-18(24)14-7-2-3-8-15(14)26-10-16(20)22/h2-9,11H,10H2,1H3,(H2,20,22)(H,21,23). The first kappa shape index (κ1) is 19.5. The van der Waals surface area contributed by atoms with Crippen molar-refractivity contribution < 1.29 is 23.5 Å². The Bertz CT molecular complexity index is 828. The number of hydrogen-bond acceptors (Lipinski definition) is 5. The summed E-state index contributed by atoms with van der Waals surface area (Å²) in [7, 11) is 0. The molecule has 2 aromatic rings. The molecule has 1 unspecified atom stereocenters. The van der Waals surface area contributed by atoms with Crippen molar-refractivity contribution >= 4 is 35.2 Å². The van der Waals surface area contributed by atoms with Crippen molar-refractivity contribution in [2.24, 2.45) is 5.73 Å². The number of amides is 2. The quantitative estimate of drug-likeness (QED) is 0.572. The van der Waals surface area contributed by atoms with Gasteiger partial charge in [0.15, 0.2) is 6.10 Å². The molecule has 26 heavy (non-hydrogen) atoms. The summed E-state index contributed by atoms with van der Waals surface area (Å²) >= 11 is 1.11. The molecule has 0 saturated heterocycles. The molecule has 0 bridgehead atoms. The molecule has 0 spiro atoms. The third-order valence-electron chi connectivity index (χ3n) is 3.22. The van der Waals surface area contributed by atoms with Crippen molar-refractivity contribution in [1.82, 2.24) is 0 Å². The fraction of sp³-hybridized carbons (Fsp3) is 0.167. The Balaban J connectivity index is 2.02. The maximum absolute atomic E-state index is 13.2. The van der Waals surface area contributed by atoms with Crippen LogP contribution in [0, 0.1) is 5.82 Å². The number of carbonyl (C=O) groups is 3. The average molecular weight is 376 g/mol. The number of anilines is 1. The highest BCUT2D eigenvalue weighted by Gasteiger charge is 2.21. The lowest BCUT2D eigenvalue weighted by molar-refractivity contribution is -0.123. The molecule has 0 aliphatic carbocycles. The number of halogens is 1. The van der Waals surface area contributed by atoms with Crippen molar-refractivity contribution in [3.8, 4) is 0 Å². The van der Waals surface area contributed by atoms with Crippen LogP contribution in [0.2, 0.25) is 0 Å². The van der Waals surface area contributed by atoms with Crippen LogP contribution >= 0.6 is 11.8 Å². The third-order valence-corrected chi connectivity index (χ3v) is 4.32. The minimum Gasteiger partial charge on any atom is -0.449 e. The Morgan fingerprint density at radius 1 is 1.19 bits per heavy atom. The number of ether oxygens (including phenoxy) is 1. The van der Waals surface area contributed by atoms with Gasteiger partial charge < -0.3 is 15.8 Å². The highest BCUT2D eigenvalue weighted by Crippen LogP contribution is 2.23. The minimum atomic E-state index is -1.10. The predicted octanol–water partition coefficient (Wildman–Crippen LogP) is 2.59. The van der Waals surface area contributed by atoms with E-state index in [0.29, 0.717) is 4.90 Å². The second-order valence-electron chi connectivity index (χ2n) is 5.30. The summed E-state index contributed by atoms with van der Waals surface area (Å²) in [5, 5.41) is 2.47. The second-order valence-corrected chi connectivity index (χ2v) is 6.32.